The maximum atomic E-state index is 13.9. The van der Waals surface area contributed by atoms with Gasteiger partial charge in [-0.25, -0.2) is 8.78 Å². The van der Waals surface area contributed by atoms with Crippen LogP contribution in [0.5, 0.6) is 0 Å². The number of hydrogen-bond donors (Lipinski definition) is 1. The summed E-state index contributed by atoms with van der Waals surface area (Å²) in [6, 6.07) is 8.48. The number of nitrogens with one attached hydrogen (secondary N) is 1. The molecule has 0 radical (unpaired) electrons. The average Bonchev–Trinajstić information content (AvgIpc) is 2.81. The van der Waals surface area contributed by atoms with Crippen LogP contribution >= 0.6 is 15.9 Å². The molecule has 0 aliphatic rings. The SMILES string of the molecule is O=Cc1c(-c2cc(F)ccc2F)[nH]c2c(Br)cccc12. The molecule has 0 fully saturated rings. The fraction of sp³-hybridized carbons (Fsp3) is 0. The number of carbonyl (C=O) groups is 1. The first kappa shape index (κ1) is 13.0. The fourth-order valence-corrected chi connectivity index (χ4v) is 2.69. The van der Waals surface area contributed by atoms with Gasteiger partial charge in [-0.05, 0) is 40.2 Å². The molecule has 0 saturated carbocycles. The second kappa shape index (κ2) is 4.83. The molecular weight excluding hydrogens is 328 g/mol. The molecule has 3 aromatic rings. The highest BCUT2D eigenvalue weighted by molar-refractivity contribution is 9.10. The number of halogens is 3. The molecule has 0 spiro atoms. The van der Waals surface area contributed by atoms with E-state index in [-0.39, 0.29) is 11.3 Å². The Morgan fingerprint density at radius 3 is 2.70 bits per heavy atom. The van der Waals surface area contributed by atoms with Crippen LogP contribution in [0.4, 0.5) is 8.78 Å². The highest BCUT2D eigenvalue weighted by Crippen LogP contribution is 2.34. The quantitative estimate of drug-likeness (QED) is 0.677. The predicted molar refractivity (Wildman–Crippen MR) is 76.7 cm³/mol. The first-order valence-corrected chi connectivity index (χ1v) is 6.62. The van der Waals surface area contributed by atoms with E-state index in [0.717, 1.165) is 22.7 Å². The standard InChI is InChI=1S/C15H8BrF2NO/c16-12-3-1-2-9-11(7-20)14(19-15(9)12)10-6-8(17)4-5-13(10)18/h1-7,19H. The van der Waals surface area contributed by atoms with Gasteiger partial charge >= 0.3 is 0 Å². The van der Waals surface area contributed by atoms with Crippen molar-refractivity contribution in [1.29, 1.82) is 0 Å². The van der Waals surface area contributed by atoms with Crippen molar-refractivity contribution in [3.8, 4) is 11.3 Å². The zero-order valence-corrected chi connectivity index (χ0v) is 11.7. The number of rotatable bonds is 2. The number of carbonyl (C=O) groups excluding carboxylic acids is 1. The topological polar surface area (TPSA) is 32.9 Å². The molecule has 3 rings (SSSR count). The summed E-state index contributed by atoms with van der Waals surface area (Å²) < 4.78 is 28.0. The van der Waals surface area contributed by atoms with Crippen LogP contribution in [0.15, 0.2) is 40.9 Å². The second-order valence-corrected chi connectivity index (χ2v) is 5.17. The van der Waals surface area contributed by atoms with Crippen molar-refractivity contribution in [2.24, 2.45) is 0 Å². The zero-order valence-electron chi connectivity index (χ0n) is 10.1. The van der Waals surface area contributed by atoms with E-state index in [1.54, 1.807) is 18.2 Å². The third-order valence-electron chi connectivity index (χ3n) is 3.14. The van der Waals surface area contributed by atoms with Gasteiger partial charge in [-0.1, -0.05) is 12.1 Å². The molecule has 0 bridgehead atoms. The van der Waals surface area contributed by atoms with Gasteiger partial charge in [-0.15, -0.1) is 0 Å². The number of fused-ring (bicyclic) bond motifs is 1. The van der Waals surface area contributed by atoms with Crippen LogP contribution in [0.1, 0.15) is 10.4 Å². The lowest BCUT2D eigenvalue weighted by atomic mass is 10.1. The number of benzene rings is 2. The van der Waals surface area contributed by atoms with Gasteiger partial charge in [0.1, 0.15) is 11.6 Å². The molecule has 5 heteroatoms. The lowest BCUT2D eigenvalue weighted by molar-refractivity contribution is 0.112. The summed E-state index contributed by atoms with van der Waals surface area (Å²) in [6.45, 7) is 0. The van der Waals surface area contributed by atoms with Gasteiger partial charge in [0, 0.05) is 21.0 Å². The Morgan fingerprint density at radius 2 is 1.95 bits per heavy atom. The Balaban J connectivity index is 2.39. The van der Waals surface area contributed by atoms with Gasteiger partial charge in [0.2, 0.25) is 0 Å². The average molecular weight is 336 g/mol. The molecule has 0 aliphatic heterocycles. The van der Waals surface area contributed by atoms with E-state index in [1.165, 1.54) is 0 Å². The van der Waals surface area contributed by atoms with Crippen molar-refractivity contribution in [1.82, 2.24) is 4.98 Å². The van der Waals surface area contributed by atoms with Gasteiger partial charge < -0.3 is 4.98 Å². The Hall–Kier alpha value is -2.01. The number of H-pyrrole nitrogens is 1. The molecule has 0 saturated heterocycles. The van der Waals surface area contributed by atoms with E-state index in [4.69, 9.17) is 0 Å². The molecule has 2 nitrogen and oxygen atoms in total. The van der Waals surface area contributed by atoms with Crippen molar-refractivity contribution in [2.75, 3.05) is 0 Å². The molecule has 20 heavy (non-hydrogen) atoms. The summed E-state index contributed by atoms with van der Waals surface area (Å²) >= 11 is 3.36. The number of para-hydroxylation sites is 1. The van der Waals surface area contributed by atoms with Crippen LogP contribution in [0.2, 0.25) is 0 Å². The molecule has 2 aromatic carbocycles. The maximum absolute atomic E-state index is 13.9. The van der Waals surface area contributed by atoms with Crippen molar-refractivity contribution < 1.29 is 13.6 Å². The largest absolute Gasteiger partial charge is 0.353 e. The van der Waals surface area contributed by atoms with Gasteiger partial charge in [0.15, 0.2) is 6.29 Å². The summed E-state index contributed by atoms with van der Waals surface area (Å²) in [4.78, 5) is 14.3. The van der Waals surface area contributed by atoms with E-state index in [0.29, 0.717) is 22.8 Å². The van der Waals surface area contributed by atoms with Crippen LogP contribution in [-0.2, 0) is 0 Å². The first-order chi connectivity index (χ1) is 9.61. The van der Waals surface area contributed by atoms with Crippen molar-refractivity contribution >= 4 is 33.1 Å². The van der Waals surface area contributed by atoms with E-state index in [9.17, 15) is 13.6 Å². The molecule has 100 valence electrons. The monoisotopic (exact) mass is 335 g/mol. The predicted octanol–water partition coefficient (Wildman–Crippen LogP) is 4.69. The molecule has 1 N–H and O–H groups in total. The lowest BCUT2D eigenvalue weighted by Gasteiger charge is -2.02. The van der Waals surface area contributed by atoms with Crippen LogP contribution in [0.25, 0.3) is 22.2 Å². The summed E-state index contributed by atoms with van der Waals surface area (Å²) in [7, 11) is 0. The normalized spacial score (nSPS) is 10.9. The molecule has 0 atom stereocenters. The minimum Gasteiger partial charge on any atom is -0.353 e. The smallest absolute Gasteiger partial charge is 0.152 e. The summed E-state index contributed by atoms with van der Waals surface area (Å²) in [5.74, 6) is -1.15. The highest BCUT2D eigenvalue weighted by Gasteiger charge is 2.17. The van der Waals surface area contributed by atoms with Crippen molar-refractivity contribution in [2.45, 2.75) is 0 Å². The van der Waals surface area contributed by atoms with Crippen LogP contribution in [0, 0.1) is 11.6 Å². The minimum atomic E-state index is -0.586. The van der Waals surface area contributed by atoms with Crippen LogP contribution in [0.3, 0.4) is 0 Å². The highest BCUT2D eigenvalue weighted by atomic mass is 79.9. The van der Waals surface area contributed by atoms with Crippen molar-refractivity contribution in [3.63, 3.8) is 0 Å². The lowest BCUT2D eigenvalue weighted by Crippen LogP contribution is -1.90. The third kappa shape index (κ3) is 1.94. The molecular formula is C15H8BrF2NO. The maximum Gasteiger partial charge on any atom is 0.152 e. The van der Waals surface area contributed by atoms with Crippen molar-refractivity contribution in [3.05, 3.63) is 58.1 Å². The van der Waals surface area contributed by atoms with E-state index < -0.39 is 11.6 Å². The Morgan fingerprint density at radius 1 is 1.15 bits per heavy atom. The van der Waals surface area contributed by atoms with E-state index >= 15 is 0 Å². The molecule has 0 unspecified atom stereocenters. The number of aldehydes is 1. The molecule has 1 aromatic heterocycles. The fourth-order valence-electron chi connectivity index (χ4n) is 2.23. The van der Waals surface area contributed by atoms with Gasteiger partial charge in [-0.2, -0.15) is 0 Å². The van der Waals surface area contributed by atoms with E-state index in [1.807, 2.05) is 0 Å². The Bertz CT molecular complexity index is 826. The molecule has 0 amide bonds. The van der Waals surface area contributed by atoms with Crippen LogP contribution < -0.4 is 0 Å². The van der Waals surface area contributed by atoms with E-state index in [2.05, 4.69) is 20.9 Å². The summed E-state index contributed by atoms with van der Waals surface area (Å²) in [5.41, 5.74) is 1.30. The van der Waals surface area contributed by atoms with Gasteiger partial charge in [0.05, 0.1) is 11.2 Å². The Kier molecular flexibility index (Phi) is 3.14. The van der Waals surface area contributed by atoms with Gasteiger partial charge in [0.25, 0.3) is 0 Å². The van der Waals surface area contributed by atoms with Crippen LogP contribution in [-0.4, -0.2) is 11.3 Å². The Labute approximate surface area is 121 Å². The number of aromatic nitrogens is 1. The number of aromatic amines is 1. The third-order valence-corrected chi connectivity index (χ3v) is 3.80. The number of hydrogen-bond acceptors (Lipinski definition) is 1. The molecule has 0 aliphatic carbocycles. The first-order valence-electron chi connectivity index (χ1n) is 5.82. The van der Waals surface area contributed by atoms with Gasteiger partial charge in [-0.3, -0.25) is 4.79 Å². The summed E-state index contributed by atoms with van der Waals surface area (Å²) in [5, 5.41) is 0.660. The minimum absolute atomic E-state index is 0.0372. The summed E-state index contributed by atoms with van der Waals surface area (Å²) in [6.07, 6.45) is 0.644. The zero-order chi connectivity index (χ0) is 14.3. The second-order valence-electron chi connectivity index (χ2n) is 4.32. The molecule has 1 heterocycles.